The van der Waals surface area contributed by atoms with Gasteiger partial charge in [-0.3, -0.25) is 14.3 Å². The highest BCUT2D eigenvalue weighted by molar-refractivity contribution is 7.20. The molecule has 0 radical (unpaired) electrons. The Bertz CT molecular complexity index is 802. The molecule has 2 amide bonds. The van der Waals surface area contributed by atoms with E-state index >= 15 is 0 Å². The summed E-state index contributed by atoms with van der Waals surface area (Å²) in [6.07, 6.45) is 4.10. The molecule has 1 aliphatic carbocycles. The molecule has 134 valence electrons. The van der Waals surface area contributed by atoms with Crippen molar-refractivity contribution in [3.63, 3.8) is 0 Å². The van der Waals surface area contributed by atoms with E-state index in [1.165, 1.54) is 17.8 Å². The van der Waals surface area contributed by atoms with Gasteiger partial charge in [0.15, 0.2) is 0 Å². The summed E-state index contributed by atoms with van der Waals surface area (Å²) >= 11 is 1.44. The van der Waals surface area contributed by atoms with E-state index in [9.17, 15) is 9.59 Å². The number of carbonyl (C=O) groups excluding carboxylic acids is 2. The van der Waals surface area contributed by atoms with Crippen molar-refractivity contribution in [2.45, 2.75) is 38.3 Å². The number of aromatic nitrogens is 2. The van der Waals surface area contributed by atoms with Crippen molar-refractivity contribution in [2.24, 2.45) is 13.0 Å². The zero-order chi connectivity index (χ0) is 17.4. The van der Waals surface area contributed by atoms with Crippen molar-refractivity contribution in [3.05, 3.63) is 16.6 Å². The maximum Gasteiger partial charge on any atom is 0.261 e. The standard InChI is InChI=1S/C17H22N4O3S/c1-21-17-12(7-14(25-17)16(23)19-11-3-2-4-11)13(20-21)8-18-15(22)10-5-6-24-9-10/h7,10-11H,2-6,8-9H2,1H3,(H,18,22)(H,19,23). The van der Waals surface area contributed by atoms with Gasteiger partial charge in [0, 0.05) is 25.1 Å². The highest BCUT2D eigenvalue weighted by atomic mass is 32.1. The van der Waals surface area contributed by atoms with Gasteiger partial charge in [-0.1, -0.05) is 0 Å². The number of thiophene rings is 1. The molecule has 8 heteroatoms. The molecule has 7 nitrogen and oxygen atoms in total. The fraction of sp³-hybridized carbons (Fsp3) is 0.588. The quantitative estimate of drug-likeness (QED) is 0.845. The first-order valence-corrected chi connectivity index (χ1v) is 9.55. The molecule has 1 atom stereocenters. The monoisotopic (exact) mass is 362 g/mol. The van der Waals surface area contributed by atoms with Crippen LogP contribution in [0, 0.1) is 5.92 Å². The van der Waals surface area contributed by atoms with Gasteiger partial charge >= 0.3 is 0 Å². The minimum absolute atomic E-state index is 0.00878. The summed E-state index contributed by atoms with van der Waals surface area (Å²) in [6, 6.07) is 2.21. The first kappa shape index (κ1) is 16.5. The minimum atomic E-state index is -0.0644. The first-order chi connectivity index (χ1) is 12.1. The van der Waals surface area contributed by atoms with Crippen LogP contribution in [-0.4, -0.2) is 40.9 Å². The van der Waals surface area contributed by atoms with Gasteiger partial charge in [0.25, 0.3) is 5.91 Å². The van der Waals surface area contributed by atoms with E-state index in [0.29, 0.717) is 30.7 Å². The van der Waals surface area contributed by atoms with Crippen LogP contribution < -0.4 is 10.6 Å². The third-order valence-corrected chi connectivity index (χ3v) is 6.18. The third-order valence-electron chi connectivity index (χ3n) is 4.98. The minimum Gasteiger partial charge on any atom is -0.381 e. The molecule has 25 heavy (non-hydrogen) atoms. The molecule has 0 spiro atoms. The van der Waals surface area contributed by atoms with E-state index in [4.69, 9.17) is 4.74 Å². The van der Waals surface area contributed by atoms with E-state index in [0.717, 1.165) is 35.2 Å². The fourth-order valence-corrected chi connectivity index (χ4v) is 4.21. The van der Waals surface area contributed by atoms with Crippen molar-refractivity contribution < 1.29 is 14.3 Å². The van der Waals surface area contributed by atoms with E-state index in [1.807, 2.05) is 13.1 Å². The molecule has 3 heterocycles. The number of rotatable bonds is 5. The molecule has 0 bridgehead atoms. The molecule has 2 aromatic heterocycles. The Hall–Kier alpha value is -1.93. The molecular weight excluding hydrogens is 340 g/mol. The second-order valence-corrected chi connectivity index (χ2v) is 7.81. The van der Waals surface area contributed by atoms with Gasteiger partial charge in [-0.25, -0.2) is 0 Å². The van der Waals surface area contributed by atoms with E-state index < -0.39 is 0 Å². The summed E-state index contributed by atoms with van der Waals surface area (Å²) < 4.78 is 7.03. The van der Waals surface area contributed by atoms with Crippen molar-refractivity contribution in [1.29, 1.82) is 0 Å². The number of aryl methyl sites for hydroxylation is 1. The number of carbonyl (C=O) groups is 2. The van der Waals surface area contributed by atoms with Crippen molar-refractivity contribution >= 4 is 33.4 Å². The summed E-state index contributed by atoms with van der Waals surface area (Å²) in [7, 11) is 1.86. The second-order valence-electron chi connectivity index (χ2n) is 6.78. The zero-order valence-corrected chi connectivity index (χ0v) is 15.0. The van der Waals surface area contributed by atoms with Gasteiger partial charge in [-0.15, -0.1) is 11.3 Å². The lowest BCUT2D eigenvalue weighted by molar-refractivity contribution is -0.125. The summed E-state index contributed by atoms with van der Waals surface area (Å²) in [5.41, 5.74) is 0.795. The molecule has 2 fully saturated rings. The Morgan fingerprint density at radius 1 is 1.40 bits per heavy atom. The summed E-state index contributed by atoms with van der Waals surface area (Å²) in [5, 5.41) is 11.4. The van der Waals surface area contributed by atoms with E-state index in [2.05, 4.69) is 15.7 Å². The Morgan fingerprint density at radius 3 is 2.92 bits per heavy atom. The molecule has 2 aromatic rings. The van der Waals surface area contributed by atoms with Gasteiger partial charge in [-0.05, 0) is 31.7 Å². The molecular formula is C17H22N4O3S. The van der Waals surface area contributed by atoms with Crippen LogP contribution in [0.1, 0.15) is 41.0 Å². The largest absolute Gasteiger partial charge is 0.381 e. The van der Waals surface area contributed by atoms with Crippen LogP contribution in [0.5, 0.6) is 0 Å². The highest BCUT2D eigenvalue weighted by Gasteiger charge is 2.25. The zero-order valence-electron chi connectivity index (χ0n) is 14.2. The van der Waals surface area contributed by atoms with E-state index in [-0.39, 0.29) is 17.7 Å². The van der Waals surface area contributed by atoms with Gasteiger partial charge in [0.05, 0.1) is 29.6 Å². The third kappa shape index (κ3) is 3.28. The predicted octanol–water partition coefficient (Wildman–Crippen LogP) is 1.57. The van der Waals surface area contributed by atoms with Crippen LogP contribution in [0.25, 0.3) is 10.2 Å². The molecule has 1 aliphatic heterocycles. The molecule has 4 rings (SSSR count). The number of amides is 2. The topological polar surface area (TPSA) is 85.2 Å². The Kier molecular flexibility index (Phi) is 4.47. The Balaban J connectivity index is 1.47. The number of hydrogen-bond donors (Lipinski definition) is 2. The van der Waals surface area contributed by atoms with Crippen molar-refractivity contribution in [3.8, 4) is 0 Å². The van der Waals surface area contributed by atoms with Gasteiger partial charge in [0.2, 0.25) is 5.91 Å². The molecule has 2 N–H and O–H groups in total. The van der Waals surface area contributed by atoms with Crippen LogP contribution >= 0.6 is 11.3 Å². The summed E-state index contributed by atoms with van der Waals surface area (Å²) in [4.78, 5) is 26.2. The Labute approximate surface area is 149 Å². The SMILES string of the molecule is Cn1nc(CNC(=O)C2CCOC2)c2cc(C(=O)NC3CCC3)sc21. The summed E-state index contributed by atoms with van der Waals surface area (Å²) in [6.45, 7) is 1.51. The van der Waals surface area contributed by atoms with Crippen LogP contribution in [0.4, 0.5) is 0 Å². The summed E-state index contributed by atoms with van der Waals surface area (Å²) in [5.74, 6) is -0.0658. The fourth-order valence-electron chi connectivity index (χ4n) is 3.22. The van der Waals surface area contributed by atoms with Crippen LogP contribution in [0.15, 0.2) is 6.07 Å². The first-order valence-electron chi connectivity index (χ1n) is 8.73. The predicted molar refractivity (Wildman–Crippen MR) is 94.5 cm³/mol. The van der Waals surface area contributed by atoms with Crippen LogP contribution in [0.3, 0.4) is 0 Å². The maximum absolute atomic E-state index is 12.4. The molecule has 2 aliphatic rings. The van der Waals surface area contributed by atoms with Gasteiger partial charge in [-0.2, -0.15) is 5.10 Å². The lowest BCUT2D eigenvalue weighted by atomic mass is 9.93. The van der Waals surface area contributed by atoms with Crippen LogP contribution in [-0.2, 0) is 23.1 Å². The average Bonchev–Trinajstić information content (AvgIpc) is 3.27. The molecule has 0 aromatic carbocycles. The number of ether oxygens (including phenoxy) is 1. The maximum atomic E-state index is 12.4. The van der Waals surface area contributed by atoms with Gasteiger partial charge < -0.3 is 15.4 Å². The number of fused-ring (bicyclic) bond motifs is 1. The number of nitrogens with zero attached hydrogens (tertiary/aromatic N) is 2. The van der Waals surface area contributed by atoms with Crippen LogP contribution in [0.2, 0.25) is 0 Å². The van der Waals surface area contributed by atoms with E-state index in [1.54, 1.807) is 4.68 Å². The van der Waals surface area contributed by atoms with Crippen molar-refractivity contribution in [1.82, 2.24) is 20.4 Å². The second kappa shape index (κ2) is 6.76. The number of hydrogen-bond acceptors (Lipinski definition) is 5. The molecule has 1 saturated heterocycles. The highest BCUT2D eigenvalue weighted by Crippen LogP contribution is 2.29. The molecule has 1 saturated carbocycles. The molecule has 1 unspecified atom stereocenters. The smallest absolute Gasteiger partial charge is 0.261 e. The normalized spacial score (nSPS) is 20.6. The lowest BCUT2D eigenvalue weighted by Crippen LogP contribution is -2.39. The van der Waals surface area contributed by atoms with Gasteiger partial charge in [0.1, 0.15) is 4.83 Å². The van der Waals surface area contributed by atoms with Crippen molar-refractivity contribution in [2.75, 3.05) is 13.2 Å². The Morgan fingerprint density at radius 2 is 2.24 bits per heavy atom. The lowest BCUT2D eigenvalue weighted by Gasteiger charge is -2.25. The average molecular weight is 362 g/mol. The number of nitrogens with one attached hydrogen (secondary N) is 2.